The molecule has 0 bridgehead atoms. The van der Waals surface area contributed by atoms with Crippen molar-refractivity contribution in [1.29, 1.82) is 0 Å². The predicted molar refractivity (Wildman–Crippen MR) is 55.4 cm³/mol. The molecular formula is C12H16O. The quantitative estimate of drug-likeness (QED) is 0.699. The summed E-state index contributed by atoms with van der Waals surface area (Å²) in [4.78, 5) is 0. The van der Waals surface area contributed by atoms with E-state index in [4.69, 9.17) is 0 Å². The molecule has 1 rings (SSSR count). The highest BCUT2D eigenvalue weighted by Crippen LogP contribution is 2.24. The lowest BCUT2D eigenvalue weighted by atomic mass is 9.94. The average molecular weight is 176 g/mol. The molecule has 1 aromatic carbocycles. The molecule has 1 nitrogen and oxygen atoms in total. The molecule has 0 spiro atoms. The van der Waals surface area contributed by atoms with Gasteiger partial charge < -0.3 is 5.11 Å². The van der Waals surface area contributed by atoms with Crippen molar-refractivity contribution in [1.82, 2.24) is 0 Å². The highest BCUT2D eigenvalue weighted by molar-refractivity contribution is 5.18. The van der Waals surface area contributed by atoms with Crippen molar-refractivity contribution in [3.8, 4) is 0 Å². The zero-order valence-corrected chi connectivity index (χ0v) is 7.98. The number of hydrogen-bond donors (Lipinski definition) is 1. The van der Waals surface area contributed by atoms with Crippen LogP contribution < -0.4 is 0 Å². The van der Waals surface area contributed by atoms with Crippen molar-refractivity contribution < 1.29 is 5.11 Å². The SMILES string of the molecule is C=C[C@H](CC)[C@H](O)c1ccccc1. The molecule has 0 aliphatic carbocycles. The molecule has 1 N–H and O–H groups in total. The smallest absolute Gasteiger partial charge is 0.0852 e. The van der Waals surface area contributed by atoms with E-state index in [1.165, 1.54) is 0 Å². The lowest BCUT2D eigenvalue weighted by Gasteiger charge is -2.17. The van der Waals surface area contributed by atoms with Gasteiger partial charge in [-0.2, -0.15) is 0 Å². The van der Waals surface area contributed by atoms with Crippen LogP contribution in [0, 0.1) is 5.92 Å². The van der Waals surface area contributed by atoms with Crippen molar-refractivity contribution >= 4 is 0 Å². The molecule has 0 aromatic heterocycles. The minimum Gasteiger partial charge on any atom is -0.388 e. The normalized spacial score (nSPS) is 14.9. The van der Waals surface area contributed by atoms with Gasteiger partial charge in [0.15, 0.2) is 0 Å². The minimum absolute atomic E-state index is 0.155. The van der Waals surface area contributed by atoms with Crippen molar-refractivity contribution in [2.75, 3.05) is 0 Å². The molecular weight excluding hydrogens is 160 g/mol. The summed E-state index contributed by atoms with van der Waals surface area (Å²) in [7, 11) is 0. The Bertz CT molecular complexity index is 253. The van der Waals surface area contributed by atoms with Crippen molar-refractivity contribution in [2.45, 2.75) is 19.4 Å². The summed E-state index contributed by atoms with van der Waals surface area (Å²) in [5, 5.41) is 9.91. The third-order valence-corrected chi connectivity index (χ3v) is 2.32. The summed E-state index contributed by atoms with van der Waals surface area (Å²) < 4.78 is 0. The van der Waals surface area contributed by atoms with Crippen LogP contribution in [-0.2, 0) is 0 Å². The number of hydrogen-bond acceptors (Lipinski definition) is 1. The molecule has 0 unspecified atom stereocenters. The Morgan fingerprint density at radius 1 is 1.38 bits per heavy atom. The van der Waals surface area contributed by atoms with E-state index in [1.54, 1.807) is 0 Å². The molecule has 70 valence electrons. The number of aliphatic hydroxyl groups excluding tert-OH is 1. The van der Waals surface area contributed by atoms with Crippen LogP contribution in [0.4, 0.5) is 0 Å². The number of benzene rings is 1. The first-order chi connectivity index (χ1) is 6.29. The summed E-state index contributed by atoms with van der Waals surface area (Å²) in [6, 6.07) is 9.71. The van der Waals surface area contributed by atoms with E-state index in [2.05, 4.69) is 13.5 Å². The van der Waals surface area contributed by atoms with E-state index in [1.807, 2.05) is 36.4 Å². The standard InChI is InChI=1S/C12H16O/c1-3-10(4-2)12(13)11-8-6-5-7-9-11/h3,5-10,12-13H,1,4H2,2H3/t10-,12+/m1/s1. The van der Waals surface area contributed by atoms with Crippen LogP contribution in [0.5, 0.6) is 0 Å². The van der Waals surface area contributed by atoms with Gasteiger partial charge in [-0.3, -0.25) is 0 Å². The zero-order chi connectivity index (χ0) is 9.68. The van der Waals surface area contributed by atoms with Crippen LogP contribution in [0.3, 0.4) is 0 Å². The number of aliphatic hydroxyl groups is 1. The summed E-state index contributed by atoms with van der Waals surface area (Å²) in [6.45, 7) is 5.77. The third-order valence-electron chi connectivity index (χ3n) is 2.32. The van der Waals surface area contributed by atoms with Crippen LogP contribution in [0.25, 0.3) is 0 Å². The molecule has 0 saturated heterocycles. The van der Waals surface area contributed by atoms with Gasteiger partial charge in [0.05, 0.1) is 6.10 Å². The van der Waals surface area contributed by atoms with Crippen molar-refractivity contribution in [3.63, 3.8) is 0 Å². The Balaban J connectivity index is 2.77. The van der Waals surface area contributed by atoms with E-state index >= 15 is 0 Å². The van der Waals surface area contributed by atoms with Crippen LogP contribution in [0.15, 0.2) is 43.0 Å². The van der Waals surface area contributed by atoms with Gasteiger partial charge in [0, 0.05) is 5.92 Å². The van der Waals surface area contributed by atoms with Crippen molar-refractivity contribution in [3.05, 3.63) is 48.6 Å². The van der Waals surface area contributed by atoms with Gasteiger partial charge in [0.25, 0.3) is 0 Å². The van der Waals surface area contributed by atoms with E-state index in [9.17, 15) is 5.11 Å². The summed E-state index contributed by atoms with van der Waals surface area (Å²) in [5.41, 5.74) is 0.967. The fourth-order valence-corrected chi connectivity index (χ4v) is 1.42. The first-order valence-corrected chi connectivity index (χ1v) is 4.65. The Morgan fingerprint density at radius 3 is 2.46 bits per heavy atom. The molecule has 0 fully saturated rings. The maximum atomic E-state index is 9.91. The molecule has 1 aromatic rings. The summed E-state index contributed by atoms with van der Waals surface area (Å²) >= 11 is 0. The first-order valence-electron chi connectivity index (χ1n) is 4.65. The molecule has 0 aliphatic heterocycles. The van der Waals surface area contributed by atoms with Crippen LogP contribution in [0.1, 0.15) is 25.0 Å². The van der Waals surface area contributed by atoms with Gasteiger partial charge in [0.1, 0.15) is 0 Å². The van der Waals surface area contributed by atoms with E-state index in [-0.39, 0.29) is 5.92 Å². The first kappa shape index (κ1) is 10.0. The van der Waals surface area contributed by atoms with Gasteiger partial charge in [-0.1, -0.05) is 43.3 Å². The highest BCUT2D eigenvalue weighted by atomic mass is 16.3. The summed E-state index contributed by atoms with van der Waals surface area (Å²) in [5.74, 6) is 0.155. The zero-order valence-electron chi connectivity index (χ0n) is 7.98. The molecule has 0 aliphatic rings. The van der Waals surface area contributed by atoms with E-state index in [0.29, 0.717) is 0 Å². The third kappa shape index (κ3) is 2.43. The second kappa shape index (κ2) is 4.83. The molecule has 0 heterocycles. The lowest BCUT2D eigenvalue weighted by molar-refractivity contribution is 0.129. The molecule has 13 heavy (non-hydrogen) atoms. The Labute approximate surface area is 79.7 Å². The molecule has 0 radical (unpaired) electrons. The second-order valence-corrected chi connectivity index (χ2v) is 3.16. The van der Waals surface area contributed by atoms with Gasteiger partial charge in [-0.05, 0) is 12.0 Å². The van der Waals surface area contributed by atoms with Crippen molar-refractivity contribution in [2.24, 2.45) is 5.92 Å². The average Bonchev–Trinajstić information content (AvgIpc) is 2.21. The van der Waals surface area contributed by atoms with Crippen LogP contribution >= 0.6 is 0 Å². The van der Waals surface area contributed by atoms with Gasteiger partial charge in [-0.25, -0.2) is 0 Å². The van der Waals surface area contributed by atoms with E-state index in [0.717, 1.165) is 12.0 Å². The van der Waals surface area contributed by atoms with E-state index < -0.39 is 6.10 Å². The highest BCUT2D eigenvalue weighted by Gasteiger charge is 2.14. The maximum absolute atomic E-state index is 9.91. The largest absolute Gasteiger partial charge is 0.388 e. The second-order valence-electron chi connectivity index (χ2n) is 3.16. The fraction of sp³-hybridized carbons (Fsp3) is 0.333. The Morgan fingerprint density at radius 2 is 2.00 bits per heavy atom. The van der Waals surface area contributed by atoms with Gasteiger partial charge in [0.2, 0.25) is 0 Å². The fourth-order valence-electron chi connectivity index (χ4n) is 1.42. The Hall–Kier alpha value is -1.08. The molecule has 0 amide bonds. The monoisotopic (exact) mass is 176 g/mol. The maximum Gasteiger partial charge on any atom is 0.0852 e. The molecule has 2 atom stereocenters. The topological polar surface area (TPSA) is 20.2 Å². The lowest BCUT2D eigenvalue weighted by Crippen LogP contribution is -2.08. The number of rotatable bonds is 4. The minimum atomic E-state index is -0.413. The van der Waals surface area contributed by atoms with Crippen LogP contribution in [0.2, 0.25) is 0 Å². The van der Waals surface area contributed by atoms with Crippen LogP contribution in [-0.4, -0.2) is 5.11 Å². The van der Waals surface area contributed by atoms with Gasteiger partial charge >= 0.3 is 0 Å². The summed E-state index contributed by atoms with van der Waals surface area (Å²) in [6.07, 6.45) is 2.32. The molecule has 1 heteroatoms. The Kier molecular flexibility index (Phi) is 3.71. The van der Waals surface area contributed by atoms with Gasteiger partial charge in [-0.15, -0.1) is 6.58 Å². The predicted octanol–water partition coefficient (Wildman–Crippen LogP) is 2.93. The molecule has 0 saturated carbocycles.